The number of nitrogens with zero attached hydrogens (tertiary/aromatic N) is 4. The van der Waals surface area contributed by atoms with Crippen molar-refractivity contribution in [2.24, 2.45) is 0 Å². The van der Waals surface area contributed by atoms with Crippen LogP contribution < -0.4 is 10.7 Å². The van der Waals surface area contributed by atoms with Crippen LogP contribution in [0.5, 0.6) is 0 Å². The van der Waals surface area contributed by atoms with Crippen LogP contribution >= 0.6 is 0 Å². The molecule has 4 rings (SSSR count). The summed E-state index contributed by atoms with van der Waals surface area (Å²) in [5, 5.41) is 18.9. The van der Waals surface area contributed by atoms with E-state index in [0.29, 0.717) is 22.3 Å². The molecule has 2 heterocycles. The van der Waals surface area contributed by atoms with E-state index in [1.165, 1.54) is 28.9 Å². The molecule has 0 saturated carbocycles. The largest absolute Gasteiger partial charge is 0.320 e. The van der Waals surface area contributed by atoms with E-state index in [2.05, 4.69) is 15.4 Å². The van der Waals surface area contributed by atoms with Crippen molar-refractivity contribution in [2.75, 3.05) is 5.32 Å². The van der Waals surface area contributed by atoms with E-state index in [1.807, 2.05) is 0 Å². The van der Waals surface area contributed by atoms with Gasteiger partial charge in [-0.05, 0) is 37.3 Å². The Balaban J connectivity index is 1.79. The fourth-order valence-corrected chi connectivity index (χ4v) is 3.14. The molecule has 0 saturated heterocycles. The van der Waals surface area contributed by atoms with Crippen LogP contribution in [0.15, 0.2) is 71.7 Å². The summed E-state index contributed by atoms with van der Waals surface area (Å²) in [6, 6.07) is 16.0. The molecule has 2 aromatic carbocycles. The molecular formula is C21H15N5O4. The molecule has 4 aromatic rings. The molecule has 2 aromatic heterocycles. The lowest BCUT2D eigenvalue weighted by molar-refractivity contribution is -0.384. The van der Waals surface area contributed by atoms with E-state index in [4.69, 9.17) is 0 Å². The zero-order chi connectivity index (χ0) is 21.3. The fourth-order valence-electron chi connectivity index (χ4n) is 3.14. The number of aromatic nitrogens is 3. The lowest BCUT2D eigenvalue weighted by Crippen LogP contribution is -2.27. The number of fused-ring (bicyclic) bond motifs is 1. The maximum Gasteiger partial charge on any atom is 0.294 e. The topological polar surface area (TPSA) is 120 Å². The fraction of sp³-hybridized carbons (Fsp3) is 0.0476. The number of benzene rings is 2. The van der Waals surface area contributed by atoms with Gasteiger partial charge in [0.25, 0.3) is 11.6 Å². The van der Waals surface area contributed by atoms with Gasteiger partial charge in [0.15, 0.2) is 5.69 Å². The summed E-state index contributed by atoms with van der Waals surface area (Å²) >= 11 is 0. The first-order valence-corrected chi connectivity index (χ1v) is 8.95. The van der Waals surface area contributed by atoms with Crippen molar-refractivity contribution in [1.82, 2.24) is 14.8 Å². The van der Waals surface area contributed by atoms with E-state index >= 15 is 0 Å². The van der Waals surface area contributed by atoms with Crippen LogP contribution in [0.3, 0.4) is 0 Å². The van der Waals surface area contributed by atoms with Gasteiger partial charge in [0, 0.05) is 29.4 Å². The Bertz CT molecular complexity index is 1360. The Kier molecular flexibility index (Phi) is 4.77. The second kappa shape index (κ2) is 7.55. The number of nitro benzene ring substituents is 1. The highest BCUT2D eigenvalue weighted by Gasteiger charge is 2.20. The number of carbonyl (C=O) groups excluding carboxylic acids is 1. The number of amides is 1. The predicted molar refractivity (Wildman–Crippen MR) is 111 cm³/mol. The molecule has 0 atom stereocenters. The van der Waals surface area contributed by atoms with Gasteiger partial charge in [0.05, 0.1) is 16.1 Å². The lowest BCUT2D eigenvalue weighted by atomic mass is 10.1. The molecule has 148 valence electrons. The number of hydrogen-bond donors (Lipinski definition) is 1. The molecule has 30 heavy (non-hydrogen) atoms. The number of aryl methyl sites for hydroxylation is 1. The van der Waals surface area contributed by atoms with E-state index in [0.717, 1.165) is 0 Å². The van der Waals surface area contributed by atoms with Crippen molar-refractivity contribution in [3.05, 3.63) is 98.6 Å². The SMILES string of the molecule is Cc1cc(=O)c(C(=O)Nc2cccc3ncccc23)nn1-c1ccccc1[N+](=O)[O-]. The van der Waals surface area contributed by atoms with Gasteiger partial charge in [-0.25, -0.2) is 4.68 Å². The number of rotatable bonds is 4. The Morgan fingerprint density at radius 3 is 2.70 bits per heavy atom. The van der Waals surface area contributed by atoms with Gasteiger partial charge in [0.2, 0.25) is 5.43 Å². The third-order valence-corrected chi connectivity index (χ3v) is 4.52. The minimum absolute atomic E-state index is 0.156. The normalized spacial score (nSPS) is 10.7. The predicted octanol–water partition coefficient (Wildman–Crippen LogP) is 3.25. The first-order valence-electron chi connectivity index (χ1n) is 8.95. The van der Waals surface area contributed by atoms with Crippen molar-refractivity contribution < 1.29 is 9.72 Å². The van der Waals surface area contributed by atoms with Crippen molar-refractivity contribution in [3.63, 3.8) is 0 Å². The molecule has 0 unspecified atom stereocenters. The van der Waals surface area contributed by atoms with Crippen molar-refractivity contribution in [3.8, 4) is 5.69 Å². The summed E-state index contributed by atoms with van der Waals surface area (Å²) in [5.74, 6) is -0.719. The molecule has 0 radical (unpaired) electrons. The number of carbonyl (C=O) groups is 1. The zero-order valence-electron chi connectivity index (χ0n) is 15.8. The Labute approximate surface area is 169 Å². The first-order chi connectivity index (χ1) is 14.5. The summed E-state index contributed by atoms with van der Waals surface area (Å²) < 4.78 is 1.22. The molecular weight excluding hydrogens is 386 g/mol. The standard InChI is InChI=1S/C21H15N5O4/c1-13-12-19(27)20(24-25(13)17-9-2-3-10-18(17)26(29)30)21(28)23-16-8-4-7-15-14(16)6-5-11-22-15/h2-12H,1H3,(H,23,28). The molecule has 9 nitrogen and oxygen atoms in total. The number of pyridine rings is 1. The van der Waals surface area contributed by atoms with Crippen LogP contribution in [0, 0.1) is 17.0 Å². The molecule has 0 aliphatic carbocycles. The van der Waals surface area contributed by atoms with Crippen LogP contribution in [0.4, 0.5) is 11.4 Å². The Hall–Kier alpha value is -4.40. The van der Waals surface area contributed by atoms with E-state index in [1.54, 1.807) is 49.5 Å². The van der Waals surface area contributed by atoms with Gasteiger partial charge in [-0.1, -0.05) is 18.2 Å². The molecule has 0 bridgehead atoms. The van der Waals surface area contributed by atoms with Crippen molar-refractivity contribution >= 4 is 28.2 Å². The third kappa shape index (κ3) is 3.39. The molecule has 9 heteroatoms. The average molecular weight is 401 g/mol. The number of anilines is 1. The van der Waals surface area contributed by atoms with Gasteiger partial charge in [-0.3, -0.25) is 24.7 Å². The smallest absolute Gasteiger partial charge is 0.294 e. The summed E-state index contributed by atoms with van der Waals surface area (Å²) in [4.78, 5) is 40.4. The minimum Gasteiger partial charge on any atom is -0.320 e. The van der Waals surface area contributed by atoms with Gasteiger partial charge in [-0.15, -0.1) is 0 Å². The molecule has 1 N–H and O–H groups in total. The van der Waals surface area contributed by atoms with Crippen LogP contribution in [-0.4, -0.2) is 25.6 Å². The minimum atomic E-state index is -0.719. The van der Waals surface area contributed by atoms with Crippen LogP contribution in [0.1, 0.15) is 16.2 Å². The summed E-state index contributed by atoms with van der Waals surface area (Å²) in [7, 11) is 0. The van der Waals surface area contributed by atoms with E-state index < -0.39 is 16.3 Å². The van der Waals surface area contributed by atoms with Gasteiger partial charge in [-0.2, -0.15) is 5.10 Å². The monoisotopic (exact) mass is 401 g/mol. The summed E-state index contributed by atoms with van der Waals surface area (Å²) in [5.41, 5.74) is 0.527. The Morgan fingerprint density at radius 1 is 1.10 bits per heavy atom. The van der Waals surface area contributed by atoms with Crippen molar-refractivity contribution in [1.29, 1.82) is 0 Å². The number of nitro groups is 1. The van der Waals surface area contributed by atoms with Gasteiger partial charge in [0.1, 0.15) is 5.69 Å². The molecule has 1 amide bonds. The molecule has 0 fully saturated rings. The zero-order valence-corrected chi connectivity index (χ0v) is 15.8. The van der Waals surface area contributed by atoms with E-state index in [-0.39, 0.29) is 17.1 Å². The quantitative estimate of drug-likeness (QED) is 0.414. The Morgan fingerprint density at radius 2 is 1.90 bits per heavy atom. The second-order valence-corrected chi connectivity index (χ2v) is 6.49. The maximum absolute atomic E-state index is 12.9. The highest BCUT2D eigenvalue weighted by Crippen LogP contribution is 2.23. The number of para-hydroxylation sites is 2. The second-order valence-electron chi connectivity index (χ2n) is 6.49. The van der Waals surface area contributed by atoms with Crippen LogP contribution in [0.25, 0.3) is 16.6 Å². The highest BCUT2D eigenvalue weighted by atomic mass is 16.6. The summed E-state index contributed by atoms with van der Waals surface area (Å²) in [6.45, 7) is 1.59. The van der Waals surface area contributed by atoms with Gasteiger partial charge < -0.3 is 5.32 Å². The lowest BCUT2D eigenvalue weighted by Gasteiger charge is -2.12. The van der Waals surface area contributed by atoms with Crippen LogP contribution in [0.2, 0.25) is 0 Å². The molecule has 0 aliphatic heterocycles. The van der Waals surface area contributed by atoms with Crippen molar-refractivity contribution in [2.45, 2.75) is 6.92 Å². The van der Waals surface area contributed by atoms with Gasteiger partial charge >= 0.3 is 0 Å². The maximum atomic E-state index is 12.9. The molecule has 0 aliphatic rings. The average Bonchev–Trinajstić information content (AvgIpc) is 2.74. The van der Waals surface area contributed by atoms with E-state index in [9.17, 15) is 19.7 Å². The van der Waals surface area contributed by atoms with Crippen LogP contribution in [-0.2, 0) is 0 Å². The molecule has 0 spiro atoms. The number of nitrogens with one attached hydrogen (secondary N) is 1. The summed E-state index contributed by atoms with van der Waals surface area (Å²) in [6.07, 6.45) is 1.64. The third-order valence-electron chi connectivity index (χ3n) is 4.52. The highest BCUT2D eigenvalue weighted by molar-refractivity contribution is 6.07. The number of hydrogen-bond acceptors (Lipinski definition) is 6. The first kappa shape index (κ1) is 18.9.